The fourth-order valence-corrected chi connectivity index (χ4v) is 1.92. The summed E-state index contributed by atoms with van der Waals surface area (Å²) in [6.07, 6.45) is 0. The third kappa shape index (κ3) is 4.33. The highest BCUT2D eigenvalue weighted by Gasteiger charge is 2.15. The van der Waals surface area contributed by atoms with Gasteiger partial charge in [0.1, 0.15) is 6.04 Å². The van der Waals surface area contributed by atoms with E-state index in [0.717, 1.165) is 11.3 Å². The third-order valence-corrected chi connectivity index (χ3v) is 2.91. The minimum Gasteiger partial charge on any atom is -0.476 e. The number of aromatic nitrogens is 1. The number of anilines is 1. The molecule has 1 aromatic rings. The smallest absolute Gasteiger partial charge is 0.355 e. The number of carboxylic acid groups (broad SMARTS) is 1. The Morgan fingerprint density at radius 2 is 2.11 bits per heavy atom. The van der Waals surface area contributed by atoms with Crippen LogP contribution in [-0.2, 0) is 4.79 Å². The molecule has 3 N–H and O–H groups in total. The van der Waals surface area contributed by atoms with Crippen LogP contribution in [0.3, 0.4) is 0 Å². The molecule has 1 amide bonds. The summed E-state index contributed by atoms with van der Waals surface area (Å²) in [5, 5.41) is 16.3. The van der Waals surface area contributed by atoms with Gasteiger partial charge in [0.25, 0.3) is 0 Å². The van der Waals surface area contributed by atoms with E-state index >= 15 is 0 Å². The van der Waals surface area contributed by atoms with Crippen molar-refractivity contribution in [1.82, 2.24) is 10.3 Å². The number of rotatable bonds is 6. The van der Waals surface area contributed by atoms with Crippen molar-refractivity contribution in [2.24, 2.45) is 5.92 Å². The average molecular weight is 271 g/mol. The van der Waals surface area contributed by atoms with E-state index in [2.05, 4.69) is 15.6 Å². The van der Waals surface area contributed by atoms with E-state index in [1.807, 2.05) is 13.8 Å². The van der Waals surface area contributed by atoms with Gasteiger partial charge in [0.2, 0.25) is 5.91 Å². The van der Waals surface area contributed by atoms with E-state index in [9.17, 15) is 9.59 Å². The molecule has 0 aliphatic carbocycles. The van der Waals surface area contributed by atoms with Crippen LogP contribution in [0.15, 0.2) is 5.38 Å². The molecule has 18 heavy (non-hydrogen) atoms. The van der Waals surface area contributed by atoms with Gasteiger partial charge in [-0.3, -0.25) is 4.79 Å². The summed E-state index contributed by atoms with van der Waals surface area (Å²) >= 11 is 1.16. The Bertz CT molecular complexity index is 431. The second-order valence-electron chi connectivity index (χ2n) is 4.35. The molecule has 0 aliphatic heterocycles. The van der Waals surface area contributed by atoms with Crippen molar-refractivity contribution in [3.05, 3.63) is 11.1 Å². The Morgan fingerprint density at radius 3 is 2.61 bits per heavy atom. The SMILES string of the molecule is CC(C)CNC(=O)C(C)Nc1nc(C(=O)O)cs1. The van der Waals surface area contributed by atoms with Crippen LogP contribution in [0.4, 0.5) is 5.13 Å². The predicted octanol–water partition coefficient (Wildman–Crippen LogP) is 1.41. The van der Waals surface area contributed by atoms with Crippen LogP contribution in [0, 0.1) is 5.92 Å². The Labute approximate surface area is 109 Å². The van der Waals surface area contributed by atoms with Gasteiger partial charge in [-0.1, -0.05) is 13.8 Å². The molecule has 6 nitrogen and oxygen atoms in total. The highest BCUT2D eigenvalue weighted by Crippen LogP contribution is 2.16. The summed E-state index contributed by atoms with van der Waals surface area (Å²) in [6, 6.07) is -0.448. The Morgan fingerprint density at radius 1 is 1.44 bits per heavy atom. The standard InChI is InChI=1S/C11H17N3O3S/c1-6(2)4-12-9(15)7(3)13-11-14-8(5-18-11)10(16)17/h5-7H,4H2,1-3H3,(H,12,15)(H,13,14)(H,16,17). The number of carbonyl (C=O) groups is 2. The second-order valence-corrected chi connectivity index (χ2v) is 5.21. The molecule has 1 atom stereocenters. The summed E-state index contributed by atoms with van der Waals surface area (Å²) in [5.41, 5.74) is -0.0164. The van der Waals surface area contributed by atoms with Crippen molar-refractivity contribution >= 4 is 28.3 Å². The van der Waals surface area contributed by atoms with Crippen molar-refractivity contribution in [3.63, 3.8) is 0 Å². The topological polar surface area (TPSA) is 91.3 Å². The fraction of sp³-hybridized carbons (Fsp3) is 0.545. The molecule has 0 aromatic carbocycles. The van der Waals surface area contributed by atoms with Crippen molar-refractivity contribution < 1.29 is 14.7 Å². The summed E-state index contributed by atoms with van der Waals surface area (Å²) in [7, 11) is 0. The lowest BCUT2D eigenvalue weighted by atomic mass is 10.2. The maximum absolute atomic E-state index is 11.7. The largest absolute Gasteiger partial charge is 0.476 e. The van der Waals surface area contributed by atoms with Gasteiger partial charge in [-0.05, 0) is 12.8 Å². The fourth-order valence-electron chi connectivity index (χ4n) is 1.15. The number of nitrogens with one attached hydrogen (secondary N) is 2. The molecule has 0 saturated heterocycles. The van der Waals surface area contributed by atoms with Crippen molar-refractivity contribution in [2.45, 2.75) is 26.8 Å². The molecule has 1 rings (SSSR count). The van der Waals surface area contributed by atoms with E-state index in [1.165, 1.54) is 5.38 Å². The number of hydrogen-bond donors (Lipinski definition) is 3. The predicted molar refractivity (Wildman–Crippen MR) is 70.0 cm³/mol. The monoisotopic (exact) mass is 271 g/mol. The molecule has 1 unspecified atom stereocenters. The first-order valence-corrected chi connectivity index (χ1v) is 6.51. The lowest BCUT2D eigenvalue weighted by molar-refractivity contribution is -0.121. The van der Waals surface area contributed by atoms with Gasteiger partial charge in [0.15, 0.2) is 10.8 Å². The normalized spacial score (nSPS) is 12.2. The average Bonchev–Trinajstić information content (AvgIpc) is 2.74. The van der Waals surface area contributed by atoms with Crippen molar-refractivity contribution in [1.29, 1.82) is 0 Å². The first-order chi connectivity index (χ1) is 8.40. The lowest BCUT2D eigenvalue weighted by Gasteiger charge is -2.14. The molecule has 1 aromatic heterocycles. The number of hydrogen-bond acceptors (Lipinski definition) is 5. The molecular formula is C11H17N3O3S. The van der Waals surface area contributed by atoms with Gasteiger partial charge in [0.05, 0.1) is 0 Å². The molecule has 0 saturated carbocycles. The molecule has 7 heteroatoms. The van der Waals surface area contributed by atoms with Crippen molar-refractivity contribution in [3.8, 4) is 0 Å². The summed E-state index contributed by atoms with van der Waals surface area (Å²) in [5.74, 6) is -0.813. The maximum atomic E-state index is 11.7. The molecule has 1 heterocycles. The molecule has 100 valence electrons. The summed E-state index contributed by atoms with van der Waals surface area (Å²) < 4.78 is 0. The third-order valence-electron chi connectivity index (χ3n) is 2.14. The van der Waals surface area contributed by atoms with E-state index in [0.29, 0.717) is 17.6 Å². The van der Waals surface area contributed by atoms with Gasteiger partial charge in [-0.2, -0.15) is 0 Å². The highest BCUT2D eigenvalue weighted by atomic mass is 32.1. The zero-order chi connectivity index (χ0) is 13.7. The first-order valence-electron chi connectivity index (χ1n) is 5.63. The van der Waals surface area contributed by atoms with Gasteiger partial charge in [-0.15, -0.1) is 11.3 Å². The number of carboxylic acids is 1. The van der Waals surface area contributed by atoms with E-state index < -0.39 is 12.0 Å². The van der Waals surface area contributed by atoms with Crippen LogP contribution >= 0.6 is 11.3 Å². The Kier molecular flexibility index (Phi) is 5.08. The van der Waals surface area contributed by atoms with Crippen molar-refractivity contribution in [2.75, 3.05) is 11.9 Å². The zero-order valence-electron chi connectivity index (χ0n) is 10.6. The Hall–Kier alpha value is -1.63. The van der Waals surface area contributed by atoms with Gasteiger partial charge < -0.3 is 15.7 Å². The van der Waals surface area contributed by atoms with Crippen LogP contribution in [0.2, 0.25) is 0 Å². The van der Waals surface area contributed by atoms with Crippen LogP contribution in [-0.4, -0.2) is 34.6 Å². The number of nitrogens with zero attached hydrogens (tertiary/aromatic N) is 1. The lowest BCUT2D eigenvalue weighted by Crippen LogP contribution is -2.39. The quantitative estimate of drug-likeness (QED) is 0.727. The van der Waals surface area contributed by atoms with Gasteiger partial charge >= 0.3 is 5.97 Å². The minimum absolute atomic E-state index is 0.0164. The molecule has 0 fully saturated rings. The molecule has 0 spiro atoms. The van der Waals surface area contributed by atoms with Crippen LogP contribution in [0.1, 0.15) is 31.3 Å². The number of carbonyl (C=O) groups excluding carboxylic acids is 1. The minimum atomic E-state index is -1.07. The number of aromatic carboxylic acids is 1. The summed E-state index contributed by atoms with van der Waals surface area (Å²) in [4.78, 5) is 26.2. The van der Waals surface area contributed by atoms with Crippen LogP contribution in [0.5, 0.6) is 0 Å². The highest BCUT2D eigenvalue weighted by molar-refractivity contribution is 7.13. The Balaban J connectivity index is 2.50. The second kappa shape index (κ2) is 6.34. The first kappa shape index (κ1) is 14.4. The summed E-state index contributed by atoms with van der Waals surface area (Å²) in [6.45, 7) is 6.34. The molecule has 0 radical (unpaired) electrons. The molecular weight excluding hydrogens is 254 g/mol. The van der Waals surface area contributed by atoms with E-state index in [4.69, 9.17) is 5.11 Å². The molecule has 0 aliphatic rings. The zero-order valence-corrected chi connectivity index (χ0v) is 11.4. The van der Waals surface area contributed by atoms with Gasteiger partial charge in [-0.25, -0.2) is 9.78 Å². The molecule has 0 bridgehead atoms. The van der Waals surface area contributed by atoms with Crippen LogP contribution in [0.25, 0.3) is 0 Å². The van der Waals surface area contributed by atoms with E-state index in [-0.39, 0.29) is 11.6 Å². The van der Waals surface area contributed by atoms with E-state index in [1.54, 1.807) is 6.92 Å². The van der Waals surface area contributed by atoms with Gasteiger partial charge in [0, 0.05) is 11.9 Å². The maximum Gasteiger partial charge on any atom is 0.355 e. The number of amides is 1. The van der Waals surface area contributed by atoms with Crippen LogP contribution < -0.4 is 10.6 Å². The number of thiazole rings is 1.